The van der Waals surface area contributed by atoms with Crippen molar-refractivity contribution < 1.29 is 0 Å². The predicted molar refractivity (Wildman–Crippen MR) is 81.5 cm³/mol. The van der Waals surface area contributed by atoms with Gasteiger partial charge in [-0.25, -0.2) is 0 Å². The van der Waals surface area contributed by atoms with E-state index in [0.717, 1.165) is 21.6 Å². The van der Waals surface area contributed by atoms with Crippen molar-refractivity contribution in [1.82, 2.24) is 4.98 Å². The van der Waals surface area contributed by atoms with Gasteiger partial charge < -0.3 is 4.98 Å². The monoisotopic (exact) mass is 353 g/mol. The summed E-state index contributed by atoms with van der Waals surface area (Å²) in [6.45, 7) is 0. The van der Waals surface area contributed by atoms with Crippen LogP contribution in [0, 0.1) is 3.57 Å². The Morgan fingerprint density at radius 1 is 1.00 bits per heavy atom. The Labute approximate surface area is 118 Å². The third-order valence-electron chi connectivity index (χ3n) is 2.75. The summed E-state index contributed by atoms with van der Waals surface area (Å²) in [7, 11) is 0. The largest absolute Gasteiger partial charge is 0.354 e. The summed E-state index contributed by atoms with van der Waals surface area (Å²) in [6, 6.07) is 16.4. The van der Waals surface area contributed by atoms with Crippen LogP contribution in [0.5, 0.6) is 0 Å². The van der Waals surface area contributed by atoms with E-state index in [9.17, 15) is 0 Å². The Morgan fingerprint density at radius 2 is 1.82 bits per heavy atom. The molecule has 1 aromatic heterocycles. The maximum atomic E-state index is 5.99. The van der Waals surface area contributed by atoms with E-state index in [1.165, 1.54) is 9.13 Å². The number of hydrogen-bond acceptors (Lipinski definition) is 0. The molecule has 0 aliphatic carbocycles. The normalized spacial score (nSPS) is 10.9. The van der Waals surface area contributed by atoms with Gasteiger partial charge in [0, 0.05) is 30.8 Å². The number of aromatic nitrogens is 1. The number of benzene rings is 2. The van der Waals surface area contributed by atoms with Crippen molar-refractivity contribution in [3.8, 4) is 11.3 Å². The first-order chi connectivity index (χ1) is 8.24. The van der Waals surface area contributed by atoms with Crippen LogP contribution in [-0.4, -0.2) is 4.98 Å². The van der Waals surface area contributed by atoms with E-state index >= 15 is 0 Å². The first-order valence-electron chi connectivity index (χ1n) is 5.27. The second kappa shape index (κ2) is 4.35. The quantitative estimate of drug-likeness (QED) is 0.586. The lowest BCUT2D eigenvalue weighted by molar-refractivity contribution is 1.44. The molecular weight excluding hydrogens is 345 g/mol. The topological polar surface area (TPSA) is 15.8 Å². The lowest BCUT2D eigenvalue weighted by Gasteiger charge is -2.00. The first kappa shape index (κ1) is 11.1. The zero-order chi connectivity index (χ0) is 11.8. The van der Waals surface area contributed by atoms with Crippen LogP contribution in [0.1, 0.15) is 0 Å². The van der Waals surface area contributed by atoms with E-state index in [0.29, 0.717) is 0 Å². The molecule has 0 saturated carbocycles. The number of aromatic amines is 1. The van der Waals surface area contributed by atoms with E-state index in [4.69, 9.17) is 11.6 Å². The fourth-order valence-corrected chi connectivity index (χ4v) is 2.79. The summed E-state index contributed by atoms with van der Waals surface area (Å²) >= 11 is 8.34. The Hall–Kier alpha value is -1.000. The Morgan fingerprint density at radius 3 is 2.65 bits per heavy atom. The minimum absolute atomic E-state index is 0.769. The molecule has 0 radical (unpaired) electrons. The van der Waals surface area contributed by atoms with Gasteiger partial charge in [-0.3, -0.25) is 0 Å². The Bertz CT molecular complexity index is 688. The smallest absolute Gasteiger partial charge is 0.0475 e. The average Bonchev–Trinajstić information content (AvgIpc) is 2.72. The molecule has 1 heterocycles. The lowest BCUT2D eigenvalue weighted by Crippen LogP contribution is -1.80. The van der Waals surface area contributed by atoms with Crippen molar-refractivity contribution in [1.29, 1.82) is 0 Å². The Kier molecular flexibility index (Phi) is 2.84. The van der Waals surface area contributed by atoms with Crippen molar-refractivity contribution in [2.75, 3.05) is 0 Å². The van der Waals surface area contributed by atoms with Gasteiger partial charge in [0.1, 0.15) is 0 Å². The van der Waals surface area contributed by atoms with Crippen molar-refractivity contribution in [2.24, 2.45) is 0 Å². The van der Waals surface area contributed by atoms with Crippen LogP contribution in [0.25, 0.3) is 22.2 Å². The maximum absolute atomic E-state index is 5.99. The highest BCUT2D eigenvalue weighted by Crippen LogP contribution is 2.28. The minimum atomic E-state index is 0.769. The van der Waals surface area contributed by atoms with Gasteiger partial charge in [0.2, 0.25) is 0 Å². The molecule has 17 heavy (non-hydrogen) atoms. The fourth-order valence-electron chi connectivity index (χ4n) is 1.93. The molecule has 3 heteroatoms. The molecule has 2 aromatic carbocycles. The summed E-state index contributed by atoms with van der Waals surface area (Å²) in [5.74, 6) is 0. The van der Waals surface area contributed by atoms with E-state index in [1.54, 1.807) is 0 Å². The van der Waals surface area contributed by atoms with E-state index in [2.05, 4.69) is 51.8 Å². The van der Waals surface area contributed by atoms with Gasteiger partial charge >= 0.3 is 0 Å². The summed E-state index contributed by atoms with van der Waals surface area (Å²) < 4.78 is 1.24. The minimum Gasteiger partial charge on any atom is -0.354 e. The third-order valence-corrected chi connectivity index (χ3v) is 3.92. The number of rotatable bonds is 1. The van der Waals surface area contributed by atoms with E-state index < -0.39 is 0 Å². The van der Waals surface area contributed by atoms with Gasteiger partial charge in [0.05, 0.1) is 0 Å². The Balaban J connectivity index is 2.22. The van der Waals surface area contributed by atoms with Crippen LogP contribution in [0.3, 0.4) is 0 Å². The van der Waals surface area contributed by atoms with Gasteiger partial charge in [-0.1, -0.05) is 29.8 Å². The summed E-state index contributed by atoms with van der Waals surface area (Å²) in [5, 5.41) is 1.91. The molecule has 1 N–H and O–H groups in total. The first-order valence-corrected chi connectivity index (χ1v) is 6.73. The summed E-state index contributed by atoms with van der Waals surface area (Å²) in [4.78, 5) is 3.42. The standard InChI is InChI=1S/C14H9ClIN/c15-10-5-6-13-9(7-10)8-14(17-13)11-3-1-2-4-12(11)16/h1-8,17H. The molecule has 0 spiro atoms. The van der Waals surface area contributed by atoms with Crippen LogP contribution in [-0.2, 0) is 0 Å². The summed E-state index contributed by atoms with van der Waals surface area (Å²) in [5.41, 5.74) is 3.47. The number of H-pyrrole nitrogens is 1. The molecule has 0 fully saturated rings. The highest BCUT2D eigenvalue weighted by Gasteiger charge is 2.06. The number of halogens is 2. The number of fused-ring (bicyclic) bond motifs is 1. The molecule has 84 valence electrons. The van der Waals surface area contributed by atoms with Gasteiger partial charge in [0.25, 0.3) is 0 Å². The van der Waals surface area contributed by atoms with Crippen molar-refractivity contribution in [3.05, 3.63) is 57.1 Å². The van der Waals surface area contributed by atoms with E-state index in [-0.39, 0.29) is 0 Å². The van der Waals surface area contributed by atoms with Crippen LogP contribution >= 0.6 is 34.2 Å². The maximum Gasteiger partial charge on any atom is 0.0475 e. The van der Waals surface area contributed by atoms with Crippen LogP contribution in [0.2, 0.25) is 5.02 Å². The molecule has 1 nitrogen and oxygen atoms in total. The number of nitrogens with one attached hydrogen (secondary N) is 1. The zero-order valence-corrected chi connectivity index (χ0v) is 11.8. The molecule has 0 unspecified atom stereocenters. The van der Waals surface area contributed by atoms with Crippen LogP contribution < -0.4 is 0 Å². The molecular formula is C14H9ClIN. The summed E-state index contributed by atoms with van der Waals surface area (Å²) in [6.07, 6.45) is 0. The lowest BCUT2D eigenvalue weighted by atomic mass is 10.1. The molecule has 0 amide bonds. The molecule has 3 aromatic rings. The zero-order valence-electron chi connectivity index (χ0n) is 8.87. The highest BCUT2D eigenvalue weighted by molar-refractivity contribution is 14.1. The molecule has 0 bridgehead atoms. The molecule has 0 aliphatic rings. The van der Waals surface area contributed by atoms with Gasteiger partial charge in [-0.2, -0.15) is 0 Å². The van der Waals surface area contributed by atoms with Gasteiger partial charge in [-0.05, 0) is 52.9 Å². The van der Waals surface area contributed by atoms with Crippen LogP contribution in [0.15, 0.2) is 48.5 Å². The predicted octanol–water partition coefficient (Wildman–Crippen LogP) is 5.09. The molecule has 0 saturated heterocycles. The molecule has 0 aliphatic heterocycles. The second-order valence-electron chi connectivity index (χ2n) is 3.89. The van der Waals surface area contributed by atoms with E-state index in [1.807, 2.05) is 24.3 Å². The average molecular weight is 354 g/mol. The van der Waals surface area contributed by atoms with Crippen molar-refractivity contribution in [3.63, 3.8) is 0 Å². The SMILES string of the molecule is Clc1ccc2[nH]c(-c3ccccc3I)cc2c1. The fraction of sp³-hybridized carbons (Fsp3) is 0. The third kappa shape index (κ3) is 2.07. The molecule has 3 rings (SSSR count). The van der Waals surface area contributed by atoms with Crippen LogP contribution in [0.4, 0.5) is 0 Å². The van der Waals surface area contributed by atoms with Gasteiger partial charge in [0.15, 0.2) is 0 Å². The van der Waals surface area contributed by atoms with Gasteiger partial charge in [-0.15, -0.1) is 0 Å². The van der Waals surface area contributed by atoms with Crippen molar-refractivity contribution in [2.45, 2.75) is 0 Å². The number of hydrogen-bond donors (Lipinski definition) is 1. The van der Waals surface area contributed by atoms with Crippen molar-refractivity contribution >= 4 is 45.1 Å². The second-order valence-corrected chi connectivity index (χ2v) is 5.49. The molecule has 0 atom stereocenters. The highest BCUT2D eigenvalue weighted by atomic mass is 127.